The SMILES string of the molecule is Cc1oc(C)c(S(=O)(=O)N(C)Cc2ccccc2)c1CCl. The number of halogens is 1. The molecule has 0 fully saturated rings. The molecule has 0 atom stereocenters. The largest absolute Gasteiger partial charge is 0.465 e. The molecule has 0 amide bonds. The third kappa shape index (κ3) is 3.15. The Kier molecular flexibility index (Phi) is 4.76. The molecule has 0 aliphatic rings. The van der Waals surface area contributed by atoms with E-state index >= 15 is 0 Å². The van der Waals surface area contributed by atoms with E-state index in [4.69, 9.17) is 16.0 Å². The molecular formula is C15H18ClNO3S. The van der Waals surface area contributed by atoms with Crippen molar-refractivity contribution in [3.8, 4) is 0 Å². The second kappa shape index (κ2) is 6.22. The van der Waals surface area contributed by atoms with Crippen LogP contribution in [0.3, 0.4) is 0 Å². The maximum Gasteiger partial charge on any atom is 0.246 e. The van der Waals surface area contributed by atoms with Crippen molar-refractivity contribution < 1.29 is 12.8 Å². The van der Waals surface area contributed by atoms with E-state index in [1.165, 1.54) is 4.31 Å². The van der Waals surface area contributed by atoms with Crippen LogP contribution in [0.25, 0.3) is 0 Å². The van der Waals surface area contributed by atoms with Gasteiger partial charge < -0.3 is 4.42 Å². The van der Waals surface area contributed by atoms with Gasteiger partial charge in [-0.15, -0.1) is 11.6 Å². The Morgan fingerprint density at radius 3 is 2.33 bits per heavy atom. The molecule has 114 valence electrons. The molecular weight excluding hydrogens is 310 g/mol. The summed E-state index contributed by atoms with van der Waals surface area (Å²) in [4.78, 5) is 0.188. The number of nitrogens with zero attached hydrogens (tertiary/aromatic N) is 1. The Balaban J connectivity index is 2.38. The van der Waals surface area contributed by atoms with E-state index in [-0.39, 0.29) is 10.8 Å². The maximum absolute atomic E-state index is 12.8. The Hall–Kier alpha value is -1.30. The van der Waals surface area contributed by atoms with Crippen molar-refractivity contribution in [1.82, 2.24) is 4.31 Å². The standard InChI is InChI=1S/C15H18ClNO3S/c1-11-14(9-16)15(12(2)20-11)21(18,19)17(3)10-13-7-5-4-6-8-13/h4-8H,9-10H2,1-3H3. The zero-order valence-corrected chi connectivity index (χ0v) is 13.8. The zero-order chi connectivity index (χ0) is 15.6. The summed E-state index contributed by atoms with van der Waals surface area (Å²) < 4.78 is 32.3. The molecule has 0 saturated heterocycles. The van der Waals surface area contributed by atoms with Gasteiger partial charge in [-0.05, 0) is 19.4 Å². The van der Waals surface area contributed by atoms with E-state index in [0.29, 0.717) is 23.6 Å². The summed E-state index contributed by atoms with van der Waals surface area (Å²) in [5, 5.41) is 0. The van der Waals surface area contributed by atoms with E-state index in [1.54, 1.807) is 20.9 Å². The van der Waals surface area contributed by atoms with Gasteiger partial charge in [-0.25, -0.2) is 8.42 Å². The van der Waals surface area contributed by atoms with Crippen molar-refractivity contribution in [2.24, 2.45) is 0 Å². The van der Waals surface area contributed by atoms with E-state index < -0.39 is 10.0 Å². The number of aryl methyl sites for hydroxylation is 2. The fraction of sp³-hybridized carbons (Fsp3) is 0.333. The van der Waals surface area contributed by atoms with Crippen molar-refractivity contribution in [2.75, 3.05) is 7.05 Å². The summed E-state index contributed by atoms with van der Waals surface area (Å²) in [5.74, 6) is 1.04. The average molecular weight is 328 g/mol. The highest BCUT2D eigenvalue weighted by molar-refractivity contribution is 7.89. The average Bonchev–Trinajstić information content (AvgIpc) is 2.74. The molecule has 0 radical (unpaired) electrons. The molecule has 0 bridgehead atoms. The summed E-state index contributed by atoms with van der Waals surface area (Å²) in [7, 11) is -2.08. The van der Waals surface area contributed by atoms with Crippen LogP contribution in [0.2, 0.25) is 0 Å². The highest BCUT2D eigenvalue weighted by Crippen LogP contribution is 2.30. The van der Waals surface area contributed by atoms with Crippen LogP contribution in [0.5, 0.6) is 0 Å². The van der Waals surface area contributed by atoms with Gasteiger partial charge in [0.1, 0.15) is 16.4 Å². The van der Waals surface area contributed by atoms with Gasteiger partial charge in [0.2, 0.25) is 10.0 Å². The van der Waals surface area contributed by atoms with Gasteiger partial charge in [0.25, 0.3) is 0 Å². The van der Waals surface area contributed by atoms with Crippen molar-refractivity contribution >= 4 is 21.6 Å². The Morgan fingerprint density at radius 1 is 1.14 bits per heavy atom. The molecule has 0 aliphatic carbocycles. The number of sulfonamides is 1. The Labute approximate surface area is 130 Å². The summed E-state index contributed by atoms with van der Waals surface area (Å²) >= 11 is 5.88. The van der Waals surface area contributed by atoms with Gasteiger partial charge in [-0.1, -0.05) is 30.3 Å². The van der Waals surface area contributed by atoms with Crippen molar-refractivity contribution in [2.45, 2.75) is 31.2 Å². The predicted octanol–water partition coefficient (Wildman–Crippen LogP) is 3.46. The molecule has 0 unspecified atom stereocenters. The van der Waals surface area contributed by atoms with Gasteiger partial charge in [0.05, 0.1) is 5.88 Å². The van der Waals surface area contributed by atoms with Crippen LogP contribution in [0, 0.1) is 13.8 Å². The lowest BCUT2D eigenvalue weighted by molar-refractivity contribution is 0.459. The first-order valence-electron chi connectivity index (χ1n) is 6.53. The first-order valence-corrected chi connectivity index (χ1v) is 8.50. The zero-order valence-electron chi connectivity index (χ0n) is 12.3. The number of benzene rings is 1. The third-order valence-corrected chi connectivity index (χ3v) is 5.64. The quantitative estimate of drug-likeness (QED) is 0.790. The maximum atomic E-state index is 12.8. The smallest absolute Gasteiger partial charge is 0.246 e. The van der Waals surface area contributed by atoms with E-state index in [1.807, 2.05) is 30.3 Å². The van der Waals surface area contributed by atoms with Crippen LogP contribution in [0.15, 0.2) is 39.6 Å². The second-order valence-electron chi connectivity index (χ2n) is 4.90. The molecule has 21 heavy (non-hydrogen) atoms. The molecule has 0 saturated carbocycles. The molecule has 6 heteroatoms. The summed E-state index contributed by atoms with van der Waals surface area (Å²) in [6.45, 7) is 3.67. The fourth-order valence-electron chi connectivity index (χ4n) is 2.28. The number of furan rings is 1. The topological polar surface area (TPSA) is 50.5 Å². The van der Waals surface area contributed by atoms with E-state index in [2.05, 4.69) is 0 Å². The van der Waals surface area contributed by atoms with Gasteiger partial charge in [0.15, 0.2) is 0 Å². The first-order chi connectivity index (χ1) is 9.87. The fourth-order valence-corrected chi connectivity index (χ4v) is 4.25. The second-order valence-corrected chi connectivity index (χ2v) is 7.15. The van der Waals surface area contributed by atoms with Crippen molar-refractivity contribution in [1.29, 1.82) is 0 Å². The lowest BCUT2D eigenvalue weighted by atomic mass is 10.2. The number of hydrogen-bond acceptors (Lipinski definition) is 3. The normalized spacial score (nSPS) is 12.0. The molecule has 0 aliphatic heterocycles. The summed E-state index contributed by atoms with van der Waals surface area (Å²) in [6.07, 6.45) is 0. The summed E-state index contributed by atoms with van der Waals surface area (Å²) in [5.41, 5.74) is 1.46. The minimum Gasteiger partial charge on any atom is -0.465 e. The van der Waals surface area contributed by atoms with Gasteiger partial charge in [-0.3, -0.25) is 0 Å². The number of alkyl halides is 1. The van der Waals surface area contributed by atoms with E-state index in [0.717, 1.165) is 5.56 Å². The molecule has 0 N–H and O–H groups in total. The van der Waals surface area contributed by atoms with Crippen LogP contribution >= 0.6 is 11.6 Å². The molecule has 2 aromatic rings. The van der Waals surface area contributed by atoms with Crippen LogP contribution in [-0.4, -0.2) is 19.8 Å². The molecule has 1 aromatic heterocycles. The molecule has 2 rings (SSSR count). The minimum absolute atomic E-state index is 0.108. The number of rotatable bonds is 5. The number of hydrogen-bond donors (Lipinski definition) is 0. The van der Waals surface area contributed by atoms with Crippen molar-refractivity contribution in [3.05, 3.63) is 53.0 Å². The van der Waals surface area contributed by atoms with Gasteiger partial charge >= 0.3 is 0 Å². The highest BCUT2D eigenvalue weighted by atomic mass is 35.5. The molecule has 0 spiro atoms. The molecule has 1 aromatic carbocycles. The Morgan fingerprint density at radius 2 is 1.76 bits per heavy atom. The third-order valence-electron chi connectivity index (χ3n) is 3.37. The lowest BCUT2D eigenvalue weighted by Crippen LogP contribution is -2.27. The monoisotopic (exact) mass is 327 g/mol. The molecule has 4 nitrogen and oxygen atoms in total. The Bertz CT molecular complexity index is 723. The van der Waals surface area contributed by atoms with Crippen LogP contribution in [-0.2, 0) is 22.4 Å². The predicted molar refractivity (Wildman–Crippen MR) is 82.8 cm³/mol. The van der Waals surface area contributed by atoms with Crippen LogP contribution in [0.1, 0.15) is 22.6 Å². The van der Waals surface area contributed by atoms with Crippen LogP contribution in [0.4, 0.5) is 0 Å². The molecule has 1 heterocycles. The summed E-state index contributed by atoms with van der Waals surface area (Å²) in [6, 6.07) is 9.44. The van der Waals surface area contributed by atoms with Gasteiger partial charge in [0, 0.05) is 19.2 Å². The minimum atomic E-state index is -3.63. The van der Waals surface area contributed by atoms with E-state index in [9.17, 15) is 8.42 Å². The first kappa shape index (κ1) is 16.1. The lowest BCUT2D eigenvalue weighted by Gasteiger charge is -2.17. The van der Waals surface area contributed by atoms with Crippen LogP contribution < -0.4 is 0 Å². The van der Waals surface area contributed by atoms with Crippen molar-refractivity contribution in [3.63, 3.8) is 0 Å². The highest BCUT2D eigenvalue weighted by Gasteiger charge is 2.30. The van der Waals surface area contributed by atoms with Gasteiger partial charge in [-0.2, -0.15) is 4.31 Å².